The fourth-order valence-corrected chi connectivity index (χ4v) is 6.10. The van der Waals surface area contributed by atoms with Gasteiger partial charge in [0.15, 0.2) is 11.5 Å². The fourth-order valence-electron chi connectivity index (χ4n) is 5.59. The molecule has 0 saturated carbocycles. The van der Waals surface area contributed by atoms with Gasteiger partial charge >= 0.3 is 0 Å². The van der Waals surface area contributed by atoms with Crippen molar-refractivity contribution in [1.82, 2.24) is 58.9 Å². The average molecular weight is 923 g/mol. The second-order valence-electron chi connectivity index (χ2n) is 14.7. The minimum absolute atomic E-state index is 0.0217. The van der Waals surface area contributed by atoms with Crippen LogP contribution in [0.1, 0.15) is 11.1 Å². The van der Waals surface area contributed by atoms with Gasteiger partial charge < -0.3 is 51.8 Å². The molecule has 24 nitrogen and oxygen atoms in total. The Morgan fingerprint density at radius 1 is 0.636 bits per heavy atom. The third kappa shape index (κ3) is 12.7. The van der Waals surface area contributed by atoms with E-state index in [1.807, 2.05) is 48.5 Å². The molecule has 0 aliphatic carbocycles. The highest BCUT2D eigenvalue weighted by molar-refractivity contribution is 7.90. The van der Waals surface area contributed by atoms with Crippen LogP contribution in [0.2, 0.25) is 0 Å². The van der Waals surface area contributed by atoms with Crippen LogP contribution in [0.25, 0.3) is 34.7 Å². The number of rotatable bonds is 15. The van der Waals surface area contributed by atoms with E-state index in [-0.39, 0.29) is 41.9 Å². The molecule has 346 valence electrons. The van der Waals surface area contributed by atoms with E-state index in [2.05, 4.69) is 56.1 Å². The van der Waals surface area contributed by atoms with Crippen molar-refractivity contribution in [3.8, 4) is 23.2 Å². The van der Waals surface area contributed by atoms with Crippen LogP contribution in [0.4, 0.5) is 29.2 Å². The Hall–Kier alpha value is -8.19. The number of nitrogens with one attached hydrogen (secondary N) is 3. The van der Waals surface area contributed by atoms with Crippen molar-refractivity contribution in [1.29, 1.82) is 0 Å². The fraction of sp³-hybridized carbons (Fsp3) is 0.268. The zero-order valence-corrected chi connectivity index (χ0v) is 37.6. The highest BCUT2D eigenvalue weighted by atomic mass is 32.2. The van der Waals surface area contributed by atoms with Gasteiger partial charge in [-0.3, -0.25) is 9.59 Å². The normalized spacial score (nSPS) is 11.0. The number of anilines is 5. The molecule has 6 aromatic heterocycles. The summed E-state index contributed by atoms with van der Waals surface area (Å²) in [5.74, 6) is 2.50. The third-order valence-corrected chi connectivity index (χ3v) is 10.0. The highest BCUT2D eigenvalue weighted by Gasteiger charge is 2.19. The molecule has 8 aromatic rings. The van der Waals surface area contributed by atoms with E-state index in [4.69, 9.17) is 26.0 Å². The number of amides is 2. The second kappa shape index (κ2) is 21.5. The van der Waals surface area contributed by atoms with E-state index >= 15 is 0 Å². The van der Waals surface area contributed by atoms with Crippen LogP contribution >= 0.6 is 0 Å². The maximum atomic E-state index is 11.6. The maximum absolute atomic E-state index is 11.6. The van der Waals surface area contributed by atoms with Crippen molar-refractivity contribution in [3.05, 3.63) is 96.4 Å². The Labute approximate surface area is 378 Å². The number of sulfone groups is 1. The monoisotopic (exact) mass is 922 g/mol. The molecule has 9 N–H and O–H groups in total. The lowest BCUT2D eigenvalue weighted by molar-refractivity contribution is -0.127. The molecule has 0 unspecified atom stereocenters. The minimum atomic E-state index is -3.57. The number of carbonyl (C=O) groups is 2. The summed E-state index contributed by atoms with van der Waals surface area (Å²) in [6.45, 7) is 1.86. The maximum Gasteiger partial charge on any atom is 0.259 e. The van der Waals surface area contributed by atoms with Gasteiger partial charge in [0.1, 0.15) is 0 Å². The van der Waals surface area contributed by atoms with Crippen molar-refractivity contribution in [2.75, 3.05) is 88.0 Å². The Morgan fingerprint density at radius 3 is 1.55 bits per heavy atom. The molecule has 66 heavy (non-hydrogen) atoms. The number of nitrogens with zero attached hydrogens (tertiary/aromatic N) is 12. The minimum Gasteiger partial charge on any atom is -0.461 e. The Bertz CT molecular complexity index is 2950. The molecule has 25 heteroatoms. The van der Waals surface area contributed by atoms with E-state index < -0.39 is 15.0 Å². The van der Waals surface area contributed by atoms with Crippen molar-refractivity contribution < 1.29 is 26.8 Å². The largest absolute Gasteiger partial charge is 0.461 e. The molecule has 2 aromatic carbocycles. The highest BCUT2D eigenvalue weighted by Crippen LogP contribution is 2.19. The summed E-state index contributed by atoms with van der Waals surface area (Å²) in [5, 5.41) is 17.3. The smallest absolute Gasteiger partial charge is 0.259 e. The van der Waals surface area contributed by atoms with E-state index in [9.17, 15) is 18.0 Å². The van der Waals surface area contributed by atoms with Crippen molar-refractivity contribution in [2.45, 2.75) is 18.0 Å². The molecular formula is C41H50N18O6S. The summed E-state index contributed by atoms with van der Waals surface area (Å²) < 4.78 is 35.8. The van der Waals surface area contributed by atoms with E-state index in [1.54, 1.807) is 68.5 Å². The van der Waals surface area contributed by atoms with Crippen LogP contribution < -0.4 is 33.2 Å². The quantitative estimate of drug-likeness (QED) is 0.0856. The summed E-state index contributed by atoms with van der Waals surface area (Å²) in [7, 11) is 3.39. The number of benzene rings is 2. The third-order valence-electron chi connectivity index (χ3n) is 9.18. The summed E-state index contributed by atoms with van der Waals surface area (Å²) in [5.41, 5.74) is 21.3. The lowest BCUT2D eigenvalue weighted by atomic mass is 10.1. The lowest BCUT2D eigenvalue weighted by Crippen LogP contribution is -2.28. The molecule has 0 radical (unpaired) electrons. The number of hydrogen-bond acceptors (Lipinski definition) is 20. The summed E-state index contributed by atoms with van der Waals surface area (Å²) >= 11 is 0. The van der Waals surface area contributed by atoms with Gasteiger partial charge in [0, 0.05) is 52.4 Å². The number of aromatic nitrogens is 10. The number of carbonyl (C=O) groups excluding carboxylic acids is 2. The standard InChI is InChI=1S/C20H23N9O2.C12H19N3O.C9H8N6O3S/c1-28(2)16(30)12-23-14-7-5-13(6-8-14)9-10-22-19-25-18(21)29-20(26-19)24-17(27-29)15-4-3-11-31-15;1-15(2)12(16)9-14-11-5-3-10(4-6-11)7-8-13;1-19(16,17)9-12-7(10)15-8(13-9)11-6(14-15)5-3-2-4-18-5/h3-8,11,23H,9-10,12H2,1-2H3,(H3,21,22,24,25,26,27);3-6,14H,7-9,13H2,1-2H3;2-4H,1H3,(H2,10,11,12,13,14). The molecule has 2 amide bonds. The molecule has 0 spiro atoms. The molecule has 0 aliphatic heterocycles. The van der Waals surface area contributed by atoms with Gasteiger partial charge in [-0.25, -0.2) is 8.42 Å². The number of hydrogen-bond donors (Lipinski definition) is 6. The molecule has 0 saturated heterocycles. The Morgan fingerprint density at radius 2 is 1.11 bits per heavy atom. The first-order valence-corrected chi connectivity index (χ1v) is 22.0. The summed E-state index contributed by atoms with van der Waals surface area (Å²) in [6, 6.07) is 22.8. The zero-order chi connectivity index (χ0) is 47.4. The van der Waals surface area contributed by atoms with Crippen LogP contribution in [0.15, 0.2) is 99.3 Å². The lowest BCUT2D eigenvalue weighted by Gasteiger charge is -2.12. The van der Waals surface area contributed by atoms with Crippen LogP contribution in [-0.4, -0.2) is 140 Å². The van der Waals surface area contributed by atoms with Gasteiger partial charge in [-0.2, -0.15) is 38.9 Å². The number of nitrogen functional groups attached to an aromatic ring is 2. The van der Waals surface area contributed by atoms with E-state index in [0.717, 1.165) is 40.6 Å². The Balaban J connectivity index is 0.000000176. The molecular weight excluding hydrogens is 873 g/mol. The first-order chi connectivity index (χ1) is 31.6. The predicted molar refractivity (Wildman–Crippen MR) is 247 cm³/mol. The predicted octanol–water partition coefficient (Wildman–Crippen LogP) is 1.97. The van der Waals surface area contributed by atoms with Gasteiger partial charge in [-0.15, -0.1) is 10.2 Å². The number of nitrogens with two attached hydrogens (primary N) is 3. The molecule has 0 atom stereocenters. The van der Waals surface area contributed by atoms with Crippen LogP contribution in [0, 0.1) is 0 Å². The van der Waals surface area contributed by atoms with Gasteiger partial charge in [-0.1, -0.05) is 24.3 Å². The van der Waals surface area contributed by atoms with Gasteiger partial charge in [-0.05, 0) is 79.0 Å². The topological polar surface area (TPSA) is 327 Å². The van der Waals surface area contributed by atoms with Crippen molar-refractivity contribution >= 4 is 62.4 Å². The first-order valence-electron chi connectivity index (χ1n) is 20.2. The number of furan rings is 2. The second-order valence-corrected chi connectivity index (χ2v) is 16.6. The average Bonchev–Trinajstić information content (AvgIpc) is 4.14. The molecule has 6 heterocycles. The zero-order valence-electron chi connectivity index (χ0n) is 36.8. The SMILES string of the molecule is CN(C)C(=O)CNc1ccc(CCN)cc1.CN(C)C(=O)CNc1ccc(CCNc2nc(N)n3nc(-c4ccco4)nc3n2)cc1.CS(=O)(=O)c1nc(N)n2nc(-c3ccco3)nc2n1. The molecule has 0 bridgehead atoms. The van der Waals surface area contributed by atoms with Crippen LogP contribution in [0.5, 0.6) is 0 Å². The van der Waals surface area contributed by atoms with Crippen LogP contribution in [0.3, 0.4) is 0 Å². The summed E-state index contributed by atoms with van der Waals surface area (Å²) in [6.07, 6.45) is 5.65. The van der Waals surface area contributed by atoms with Gasteiger partial charge in [0.2, 0.25) is 51.1 Å². The van der Waals surface area contributed by atoms with Gasteiger partial charge in [0.25, 0.3) is 16.7 Å². The Kier molecular flexibility index (Phi) is 15.4. The number of fused-ring (bicyclic) bond motifs is 2. The van der Waals surface area contributed by atoms with Crippen LogP contribution in [-0.2, 0) is 32.3 Å². The summed E-state index contributed by atoms with van der Waals surface area (Å²) in [4.78, 5) is 50.6. The van der Waals surface area contributed by atoms with Crippen molar-refractivity contribution in [3.63, 3.8) is 0 Å². The molecule has 0 aliphatic rings. The molecule has 0 fully saturated rings. The molecule has 8 rings (SSSR count). The first kappa shape index (κ1) is 47.3. The van der Waals surface area contributed by atoms with Crippen molar-refractivity contribution in [2.24, 2.45) is 5.73 Å². The number of likely N-dealkylation sites (N-methyl/N-ethyl adjacent to an activating group) is 2. The van der Waals surface area contributed by atoms with Gasteiger partial charge in [0.05, 0.1) is 25.6 Å². The van der Waals surface area contributed by atoms with E-state index in [0.29, 0.717) is 48.7 Å². The van der Waals surface area contributed by atoms with E-state index in [1.165, 1.54) is 16.3 Å².